The zero-order valence-electron chi connectivity index (χ0n) is 11.1. The van der Waals surface area contributed by atoms with Crippen molar-refractivity contribution in [1.29, 1.82) is 0 Å². The minimum Gasteiger partial charge on any atom is -0.454 e. The third kappa shape index (κ3) is 2.87. The molecule has 1 aromatic heterocycles. The van der Waals surface area contributed by atoms with Gasteiger partial charge >= 0.3 is 0 Å². The van der Waals surface area contributed by atoms with Crippen LogP contribution in [0, 0.1) is 6.92 Å². The largest absolute Gasteiger partial charge is 0.454 e. The highest BCUT2D eigenvalue weighted by molar-refractivity contribution is 7.13. The monoisotopic (exact) mass is 298 g/mol. The fourth-order valence-corrected chi connectivity index (χ4v) is 2.68. The number of aromatic nitrogens is 1. The van der Waals surface area contributed by atoms with Gasteiger partial charge in [0.05, 0.1) is 4.70 Å². The van der Waals surface area contributed by atoms with Crippen LogP contribution in [0.4, 0.5) is 0 Å². The first kappa shape index (κ1) is 13.6. The van der Waals surface area contributed by atoms with E-state index in [9.17, 15) is 4.79 Å². The number of ether oxygens (including phenoxy) is 2. The standard InChI is InChI=1S/C8H5NOS.C8H7O2/c10-5-7-6-3-1-2-4-8(6)11-9-7;1-6-2-3-7-8(4-6)10-5-9-7/h1-5H;2-4H,1,5H2. The summed E-state index contributed by atoms with van der Waals surface area (Å²) in [6.07, 6.45) is 0.791. The SMILES string of the molecule is O=Cc1nsc2ccccc12.[CH2]c1ccc2c(c1)OCO2. The van der Waals surface area contributed by atoms with E-state index in [0.29, 0.717) is 12.5 Å². The van der Waals surface area contributed by atoms with Crippen LogP contribution in [0.5, 0.6) is 11.5 Å². The van der Waals surface area contributed by atoms with E-state index < -0.39 is 0 Å². The number of nitrogens with zero attached hydrogens (tertiary/aromatic N) is 1. The van der Waals surface area contributed by atoms with E-state index in [0.717, 1.165) is 33.4 Å². The summed E-state index contributed by atoms with van der Waals surface area (Å²) in [6, 6.07) is 13.3. The average Bonchev–Trinajstić information content (AvgIpc) is 3.13. The molecule has 5 heteroatoms. The molecule has 0 fully saturated rings. The summed E-state index contributed by atoms with van der Waals surface area (Å²) in [5, 5.41) is 0.951. The molecular formula is C16H12NO3S. The second-order valence-electron chi connectivity index (χ2n) is 4.37. The van der Waals surface area contributed by atoms with Gasteiger partial charge in [-0.05, 0) is 42.2 Å². The summed E-state index contributed by atoms with van der Waals surface area (Å²) in [7, 11) is 0. The van der Waals surface area contributed by atoms with Crippen molar-refractivity contribution in [3.63, 3.8) is 0 Å². The number of hydrogen-bond donors (Lipinski definition) is 0. The highest BCUT2D eigenvalue weighted by Gasteiger charge is 2.11. The Morgan fingerprint density at radius 1 is 1.14 bits per heavy atom. The van der Waals surface area contributed by atoms with E-state index in [1.54, 1.807) is 0 Å². The quantitative estimate of drug-likeness (QED) is 0.643. The minimum absolute atomic E-state index is 0.332. The molecule has 0 aliphatic carbocycles. The van der Waals surface area contributed by atoms with Crippen LogP contribution in [0.3, 0.4) is 0 Å². The number of aldehydes is 1. The van der Waals surface area contributed by atoms with Crippen molar-refractivity contribution < 1.29 is 14.3 Å². The lowest BCUT2D eigenvalue weighted by Crippen LogP contribution is -1.92. The fraction of sp³-hybridized carbons (Fsp3) is 0.0625. The molecule has 0 bridgehead atoms. The van der Waals surface area contributed by atoms with E-state index in [1.165, 1.54) is 11.5 Å². The summed E-state index contributed by atoms with van der Waals surface area (Å²) in [5.41, 5.74) is 1.50. The molecule has 0 spiro atoms. The molecule has 2 heterocycles. The third-order valence-corrected chi connectivity index (χ3v) is 3.79. The van der Waals surface area contributed by atoms with Gasteiger partial charge in [-0.25, -0.2) is 0 Å². The molecule has 105 valence electrons. The van der Waals surface area contributed by atoms with Crippen molar-refractivity contribution in [3.05, 3.63) is 60.6 Å². The lowest BCUT2D eigenvalue weighted by molar-refractivity contribution is 0.112. The molecule has 1 aliphatic heterocycles. The summed E-state index contributed by atoms with van der Waals surface area (Å²) < 4.78 is 15.3. The molecule has 4 nitrogen and oxygen atoms in total. The van der Waals surface area contributed by atoms with Gasteiger partial charge in [-0.2, -0.15) is 4.37 Å². The van der Waals surface area contributed by atoms with Crippen LogP contribution in [0.25, 0.3) is 10.1 Å². The maximum atomic E-state index is 10.4. The normalized spacial score (nSPS) is 11.9. The van der Waals surface area contributed by atoms with Crippen molar-refractivity contribution in [1.82, 2.24) is 4.37 Å². The van der Waals surface area contributed by atoms with Crippen molar-refractivity contribution in [3.8, 4) is 11.5 Å². The molecule has 0 atom stereocenters. The van der Waals surface area contributed by atoms with Gasteiger partial charge in [0, 0.05) is 5.39 Å². The predicted molar refractivity (Wildman–Crippen MR) is 82.0 cm³/mol. The molecule has 0 saturated heterocycles. The maximum absolute atomic E-state index is 10.4. The van der Waals surface area contributed by atoms with Crippen molar-refractivity contribution in [2.45, 2.75) is 0 Å². The molecule has 1 radical (unpaired) electrons. The number of fused-ring (bicyclic) bond motifs is 2. The Bertz CT molecular complexity index is 782. The van der Waals surface area contributed by atoms with Gasteiger partial charge < -0.3 is 9.47 Å². The smallest absolute Gasteiger partial charge is 0.231 e. The van der Waals surface area contributed by atoms with Crippen molar-refractivity contribution >= 4 is 27.9 Å². The lowest BCUT2D eigenvalue weighted by atomic mass is 10.2. The molecule has 4 rings (SSSR count). The Kier molecular flexibility index (Phi) is 3.83. The minimum atomic E-state index is 0.332. The molecule has 0 N–H and O–H groups in total. The Labute approximate surface area is 126 Å². The Balaban J connectivity index is 0.000000126. The molecule has 2 aromatic carbocycles. The highest BCUT2D eigenvalue weighted by Crippen LogP contribution is 2.31. The number of carbonyl (C=O) groups excluding carboxylic acids is 1. The number of rotatable bonds is 1. The number of benzene rings is 2. The van der Waals surface area contributed by atoms with Gasteiger partial charge in [-0.15, -0.1) is 0 Å². The Hall–Kier alpha value is -2.40. The first-order valence-electron chi connectivity index (χ1n) is 6.29. The molecule has 0 unspecified atom stereocenters. The molecule has 21 heavy (non-hydrogen) atoms. The van der Waals surface area contributed by atoms with Gasteiger partial charge in [0.1, 0.15) is 5.69 Å². The maximum Gasteiger partial charge on any atom is 0.231 e. The van der Waals surface area contributed by atoms with E-state index in [4.69, 9.17) is 9.47 Å². The van der Waals surface area contributed by atoms with Gasteiger partial charge in [-0.3, -0.25) is 4.79 Å². The van der Waals surface area contributed by atoms with Crippen LogP contribution < -0.4 is 9.47 Å². The van der Waals surface area contributed by atoms with Crippen molar-refractivity contribution in [2.75, 3.05) is 6.79 Å². The van der Waals surface area contributed by atoms with Gasteiger partial charge in [0.25, 0.3) is 0 Å². The summed E-state index contributed by atoms with van der Waals surface area (Å²) >= 11 is 1.36. The molecule has 0 saturated carbocycles. The van der Waals surface area contributed by atoms with Gasteiger partial charge in [-0.1, -0.05) is 24.3 Å². The molecular weight excluding hydrogens is 286 g/mol. The second kappa shape index (κ2) is 5.93. The van der Waals surface area contributed by atoms with Crippen LogP contribution in [-0.2, 0) is 0 Å². The summed E-state index contributed by atoms with van der Waals surface area (Å²) in [5.74, 6) is 1.61. The van der Waals surface area contributed by atoms with E-state index in [1.807, 2.05) is 42.5 Å². The van der Waals surface area contributed by atoms with Crippen LogP contribution in [0.1, 0.15) is 16.1 Å². The van der Waals surface area contributed by atoms with Crippen LogP contribution in [-0.4, -0.2) is 17.5 Å². The van der Waals surface area contributed by atoms with Crippen LogP contribution in [0.15, 0.2) is 42.5 Å². The van der Waals surface area contributed by atoms with Gasteiger partial charge in [0.2, 0.25) is 6.79 Å². The summed E-state index contributed by atoms with van der Waals surface area (Å²) in [4.78, 5) is 10.4. The average molecular weight is 298 g/mol. The topological polar surface area (TPSA) is 48.4 Å². The Morgan fingerprint density at radius 2 is 1.95 bits per heavy atom. The Morgan fingerprint density at radius 3 is 2.81 bits per heavy atom. The molecule has 1 aliphatic rings. The zero-order chi connectivity index (χ0) is 14.7. The van der Waals surface area contributed by atoms with Gasteiger partial charge in [0.15, 0.2) is 17.8 Å². The second-order valence-corrected chi connectivity index (χ2v) is 5.17. The number of carbonyl (C=O) groups is 1. The predicted octanol–water partition coefficient (Wildman–Crippen LogP) is 3.71. The third-order valence-electron chi connectivity index (χ3n) is 2.95. The van der Waals surface area contributed by atoms with E-state index in [2.05, 4.69) is 11.3 Å². The van der Waals surface area contributed by atoms with E-state index >= 15 is 0 Å². The van der Waals surface area contributed by atoms with E-state index in [-0.39, 0.29) is 0 Å². The molecule has 3 aromatic rings. The lowest BCUT2D eigenvalue weighted by Gasteiger charge is -1.94. The first-order chi connectivity index (χ1) is 10.3. The fourth-order valence-electron chi connectivity index (χ4n) is 1.93. The van der Waals surface area contributed by atoms with Crippen LogP contribution >= 0.6 is 11.5 Å². The zero-order valence-corrected chi connectivity index (χ0v) is 11.9. The highest BCUT2D eigenvalue weighted by atomic mass is 32.1. The molecule has 0 amide bonds. The summed E-state index contributed by atoms with van der Waals surface area (Å²) in [6.45, 7) is 4.09. The first-order valence-corrected chi connectivity index (χ1v) is 7.06. The van der Waals surface area contributed by atoms with Crippen LogP contribution in [0.2, 0.25) is 0 Å². The van der Waals surface area contributed by atoms with Crippen molar-refractivity contribution in [2.24, 2.45) is 0 Å². The number of hydrogen-bond acceptors (Lipinski definition) is 5.